The highest BCUT2D eigenvalue weighted by molar-refractivity contribution is 7.89. The van der Waals surface area contributed by atoms with E-state index >= 15 is 0 Å². The normalized spacial score (nSPS) is 22.9. The molecule has 1 aliphatic heterocycles. The molecule has 1 saturated heterocycles. The van der Waals surface area contributed by atoms with Gasteiger partial charge in [0.2, 0.25) is 15.9 Å². The lowest BCUT2D eigenvalue weighted by Gasteiger charge is -2.32. The molecule has 2 fully saturated rings. The molecule has 1 unspecified atom stereocenters. The van der Waals surface area contributed by atoms with E-state index in [1.165, 1.54) is 6.42 Å². The lowest BCUT2D eigenvalue weighted by Crippen LogP contribution is -2.48. The van der Waals surface area contributed by atoms with Crippen molar-refractivity contribution in [1.82, 2.24) is 9.62 Å². The van der Waals surface area contributed by atoms with Crippen LogP contribution in [0.25, 0.3) is 0 Å². The molecular formula is C18H24F2N2O3S. The second-order valence-corrected chi connectivity index (χ2v) is 9.03. The summed E-state index contributed by atoms with van der Waals surface area (Å²) in [4.78, 5) is 12.0. The fourth-order valence-corrected chi connectivity index (χ4v) is 5.33. The average Bonchev–Trinajstić information content (AvgIpc) is 2.62. The maximum Gasteiger partial charge on any atom is 0.246 e. The third-order valence-electron chi connectivity index (χ3n) is 5.22. The molecular weight excluding hydrogens is 362 g/mol. The van der Waals surface area contributed by atoms with E-state index in [0.29, 0.717) is 18.9 Å². The number of hydrogen-bond donors (Lipinski definition) is 1. The van der Waals surface area contributed by atoms with E-state index in [4.69, 9.17) is 0 Å². The predicted octanol–water partition coefficient (Wildman–Crippen LogP) is 2.81. The molecule has 1 atom stereocenters. The van der Waals surface area contributed by atoms with Gasteiger partial charge in [-0.15, -0.1) is 0 Å². The number of nitrogens with zero attached hydrogens (tertiary/aromatic N) is 1. The van der Waals surface area contributed by atoms with E-state index in [0.717, 1.165) is 42.1 Å². The van der Waals surface area contributed by atoms with Gasteiger partial charge in [0.25, 0.3) is 0 Å². The smallest absolute Gasteiger partial charge is 0.246 e. The van der Waals surface area contributed by atoms with Crippen LogP contribution in [0.3, 0.4) is 0 Å². The van der Waals surface area contributed by atoms with Crippen molar-refractivity contribution in [2.45, 2.75) is 55.9 Å². The Balaban J connectivity index is 1.69. The van der Waals surface area contributed by atoms with Crippen molar-refractivity contribution < 1.29 is 22.0 Å². The number of carbonyl (C=O) groups excluding carboxylic acids is 1. The van der Waals surface area contributed by atoms with Crippen LogP contribution in [0.2, 0.25) is 0 Å². The van der Waals surface area contributed by atoms with Gasteiger partial charge >= 0.3 is 0 Å². The van der Waals surface area contributed by atoms with E-state index in [1.54, 1.807) is 0 Å². The van der Waals surface area contributed by atoms with Gasteiger partial charge in [-0.1, -0.05) is 19.3 Å². The summed E-state index contributed by atoms with van der Waals surface area (Å²) in [6.45, 7) is 0.254. The molecule has 2 aliphatic rings. The molecule has 1 aromatic carbocycles. The van der Waals surface area contributed by atoms with Crippen LogP contribution in [-0.4, -0.2) is 37.8 Å². The van der Waals surface area contributed by atoms with Crippen LogP contribution in [0, 0.1) is 17.6 Å². The van der Waals surface area contributed by atoms with Gasteiger partial charge in [0.15, 0.2) is 0 Å². The molecule has 1 saturated carbocycles. The fourth-order valence-electron chi connectivity index (χ4n) is 3.76. The monoisotopic (exact) mass is 386 g/mol. The van der Waals surface area contributed by atoms with Gasteiger partial charge in [0.05, 0.1) is 5.92 Å². The maximum atomic E-state index is 13.9. The first kappa shape index (κ1) is 19.2. The summed E-state index contributed by atoms with van der Waals surface area (Å²) in [7, 11) is -4.10. The van der Waals surface area contributed by atoms with Crippen LogP contribution in [0.15, 0.2) is 23.1 Å². The molecule has 3 rings (SSSR count). The highest BCUT2D eigenvalue weighted by Crippen LogP contribution is 2.26. The second kappa shape index (κ2) is 8.00. The van der Waals surface area contributed by atoms with E-state index in [2.05, 4.69) is 5.32 Å². The molecule has 0 aromatic heterocycles. The number of piperidine rings is 1. The third-order valence-corrected chi connectivity index (χ3v) is 7.12. The number of nitrogens with one attached hydrogen (secondary N) is 1. The summed E-state index contributed by atoms with van der Waals surface area (Å²) in [6.07, 6.45) is 6.44. The Morgan fingerprint density at radius 1 is 1.08 bits per heavy atom. The Morgan fingerprint density at radius 3 is 2.50 bits per heavy atom. The summed E-state index contributed by atoms with van der Waals surface area (Å²) in [6, 6.07) is 2.58. The average molecular weight is 386 g/mol. The van der Waals surface area contributed by atoms with Crippen LogP contribution in [0.5, 0.6) is 0 Å². The van der Waals surface area contributed by atoms with Gasteiger partial charge in [0, 0.05) is 25.2 Å². The SMILES string of the molecule is O=C(NC1CCCCC1)C1CCCN(S(=O)(=O)c2ccc(F)cc2F)C1. The van der Waals surface area contributed by atoms with Crippen LogP contribution >= 0.6 is 0 Å². The van der Waals surface area contributed by atoms with Crippen molar-refractivity contribution in [3.05, 3.63) is 29.8 Å². The fraction of sp³-hybridized carbons (Fsp3) is 0.611. The molecule has 1 aromatic rings. The quantitative estimate of drug-likeness (QED) is 0.865. The van der Waals surface area contributed by atoms with Crippen molar-refractivity contribution in [2.24, 2.45) is 5.92 Å². The molecule has 0 radical (unpaired) electrons. The standard InChI is InChI=1S/C18H24F2N2O3S/c19-14-8-9-17(16(20)11-14)26(24,25)22-10-4-5-13(12-22)18(23)21-15-6-2-1-3-7-15/h8-9,11,13,15H,1-7,10,12H2,(H,21,23). The lowest BCUT2D eigenvalue weighted by molar-refractivity contribution is -0.127. The zero-order chi connectivity index (χ0) is 18.7. The molecule has 1 amide bonds. The molecule has 144 valence electrons. The van der Waals surface area contributed by atoms with Crippen molar-refractivity contribution in [2.75, 3.05) is 13.1 Å². The minimum absolute atomic E-state index is 0.0255. The Morgan fingerprint density at radius 2 is 1.81 bits per heavy atom. The molecule has 8 heteroatoms. The molecule has 1 heterocycles. The van der Waals surface area contributed by atoms with Gasteiger partial charge in [-0.3, -0.25) is 4.79 Å². The zero-order valence-corrected chi connectivity index (χ0v) is 15.4. The van der Waals surface area contributed by atoms with Crippen molar-refractivity contribution in [3.63, 3.8) is 0 Å². The van der Waals surface area contributed by atoms with Gasteiger partial charge in [0.1, 0.15) is 16.5 Å². The number of benzene rings is 1. The third kappa shape index (κ3) is 4.23. The topological polar surface area (TPSA) is 66.5 Å². The van der Waals surface area contributed by atoms with E-state index in [1.807, 2.05) is 0 Å². The van der Waals surface area contributed by atoms with E-state index < -0.39 is 32.5 Å². The summed E-state index contributed by atoms with van der Waals surface area (Å²) in [5.74, 6) is -2.51. The first-order chi connectivity index (χ1) is 12.4. The van der Waals surface area contributed by atoms with Crippen LogP contribution < -0.4 is 5.32 Å². The zero-order valence-electron chi connectivity index (χ0n) is 14.6. The molecule has 0 bridgehead atoms. The molecule has 5 nitrogen and oxygen atoms in total. The summed E-state index contributed by atoms with van der Waals surface area (Å²) in [5.41, 5.74) is 0. The Labute approximate surface area is 152 Å². The molecule has 26 heavy (non-hydrogen) atoms. The largest absolute Gasteiger partial charge is 0.353 e. The Bertz CT molecular complexity index is 764. The van der Waals surface area contributed by atoms with Gasteiger partial charge in [-0.05, 0) is 37.8 Å². The van der Waals surface area contributed by atoms with E-state index in [9.17, 15) is 22.0 Å². The number of hydrogen-bond acceptors (Lipinski definition) is 3. The first-order valence-electron chi connectivity index (χ1n) is 9.13. The number of amides is 1. The summed E-state index contributed by atoms with van der Waals surface area (Å²) < 4.78 is 53.6. The lowest BCUT2D eigenvalue weighted by atomic mass is 9.93. The van der Waals surface area contributed by atoms with Crippen molar-refractivity contribution in [1.29, 1.82) is 0 Å². The van der Waals surface area contributed by atoms with Gasteiger partial charge in [-0.2, -0.15) is 4.31 Å². The van der Waals surface area contributed by atoms with Crippen LogP contribution in [0.1, 0.15) is 44.9 Å². The number of halogens is 2. The second-order valence-electron chi connectivity index (χ2n) is 7.12. The van der Waals surface area contributed by atoms with Gasteiger partial charge in [-0.25, -0.2) is 17.2 Å². The molecule has 0 spiro atoms. The number of carbonyl (C=O) groups is 1. The summed E-state index contributed by atoms with van der Waals surface area (Å²) in [5, 5.41) is 3.04. The minimum Gasteiger partial charge on any atom is -0.353 e. The van der Waals surface area contributed by atoms with Gasteiger partial charge < -0.3 is 5.32 Å². The summed E-state index contributed by atoms with van der Waals surface area (Å²) >= 11 is 0. The van der Waals surface area contributed by atoms with Crippen molar-refractivity contribution in [3.8, 4) is 0 Å². The predicted molar refractivity (Wildman–Crippen MR) is 92.9 cm³/mol. The van der Waals surface area contributed by atoms with Crippen LogP contribution in [-0.2, 0) is 14.8 Å². The first-order valence-corrected chi connectivity index (χ1v) is 10.6. The molecule has 1 N–H and O–H groups in total. The number of sulfonamides is 1. The number of rotatable bonds is 4. The maximum absolute atomic E-state index is 13.9. The Hall–Kier alpha value is -1.54. The highest BCUT2D eigenvalue weighted by atomic mass is 32.2. The van der Waals surface area contributed by atoms with E-state index in [-0.39, 0.29) is 25.0 Å². The highest BCUT2D eigenvalue weighted by Gasteiger charge is 2.35. The van der Waals surface area contributed by atoms with Crippen molar-refractivity contribution >= 4 is 15.9 Å². The minimum atomic E-state index is -4.10. The van der Waals surface area contributed by atoms with Crippen LogP contribution in [0.4, 0.5) is 8.78 Å². The molecule has 1 aliphatic carbocycles. The Kier molecular flexibility index (Phi) is 5.92.